The summed E-state index contributed by atoms with van der Waals surface area (Å²) in [6.45, 7) is 2.27. The molecule has 1 heteroatoms. The first-order valence-corrected chi connectivity index (χ1v) is 6.84. The van der Waals surface area contributed by atoms with Crippen LogP contribution in [0.3, 0.4) is 0 Å². The summed E-state index contributed by atoms with van der Waals surface area (Å²) in [6.07, 6.45) is 11.2. The van der Waals surface area contributed by atoms with Gasteiger partial charge in [-0.2, -0.15) is 0 Å². The Morgan fingerprint density at radius 1 is 1.00 bits per heavy atom. The maximum absolute atomic E-state index is 2.27. The van der Waals surface area contributed by atoms with E-state index in [9.17, 15) is 0 Å². The van der Waals surface area contributed by atoms with Gasteiger partial charge in [-0.15, -0.1) is 11.3 Å². The number of rotatable bonds is 8. The third-order valence-electron chi connectivity index (χ3n) is 2.61. The minimum Gasteiger partial charge on any atom is -0.149 e. The third-order valence-corrected chi connectivity index (χ3v) is 3.54. The van der Waals surface area contributed by atoms with Gasteiger partial charge in [0.2, 0.25) is 0 Å². The molecule has 0 aliphatic carbocycles. The zero-order valence-electron chi connectivity index (χ0n) is 9.30. The Labute approximate surface area is 92.4 Å². The van der Waals surface area contributed by atoms with E-state index >= 15 is 0 Å². The standard InChI is InChI=1S/C13H22S/c1-2-3-4-5-6-7-8-10-13-11-9-12-14-13/h9,11-12H,2-8,10H2,1H3. The molecule has 0 N–H and O–H groups in total. The zero-order valence-corrected chi connectivity index (χ0v) is 10.1. The molecule has 0 aromatic carbocycles. The average molecular weight is 210 g/mol. The SMILES string of the molecule is CCCCCCCCCc1cccs1. The van der Waals surface area contributed by atoms with Crippen molar-refractivity contribution in [3.05, 3.63) is 22.4 Å². The van der Waals surface area contributed by atoms with Crippen LogP contribution in [0.1, 0.15) is 56.7 Å². The fourth-order valence-corrected chi connectivity index (χ4v) is 2.46. The minimum atomic E-state index is 1.30. The molecule has 0 bridgehead atoms. The van der Waals surface area contributed by atoms with Crippen LogP contribution < -0.4 is 0 Å². The molecule has 0 spiro atoms. The summed E-state index contributed by atoms with van der Waals surface area (Å²) in [4.78, 5) is 1.55. The molecule has 1 rings (SSSR count). The molecule has 14 heavy (non-hydrogen) atoms. The molecular formula is C13H22S. The lowest BCUT2D eigenvalue weighted by atomic mass is 10.1. The van der Waals surface area contributed by atoms with Gasteiger partial charge in [0.15, 0.2) is 0 Å². The molecule has 0 amide bonds. The summed E-state index contributed by atoms with van der Waals surface area (Å²) in [5.41, 5.74) is 0. The lowest BCUT2D eigenvalue weighted by molar-refractivity contribution is 0.590. The van der Waals surface area contributed by atoms with Gasteiger partial charge in [0.05, 0.1) is 0 Å². The summed E-state index contributed by atoms with van der Waals surface area (Å²) in [6, 6.07) is 4.41. The van der Waals surface area contributed by atoms with Crippen molar-refractivity contribution in [3.63, 3.8) is 0 Å². The summed E-state index contributed by atoms with van der Waals surface area (Å²) in [5.74, 6) is 0. The van der Waals surface area contributed by atoms with Crippen LogP contribution in [0.2, 0.25) is 0 Å². The van der Waals surface area contributed by atoms with Gasteiger partial charge in [-0.1, -0.05) is 51.5 Å². The van der Waals surface area contributed by atoms with E-state index in [1.807, 2.05) is 11.3 Å². The molecule has 0 atom stereocenters. The Balaban J connectivity index is 1.85. The van der Waals surface area contributed by atoms with Crippen molar-refractivity contribution in [3.8, 4) is 0 Å². The molecule has 0 nitrogen and oxygen atoms in total. The highest BCUT2D eigenvalue weighted by Crippen LogP contribution is 2.14. The first kappa shape index (κ1) is 11.8. The monoisotopic (exact) mass is 210 g/mol. The highest BCUT2D eigenvalue weighted by atomic mass is 32.1. The predicted octanol–water partition coefficient (Wildman–Crippen LogP) is 5.04. The molecule has 0 saturated heterocycles. The van der Waals surface area contributed by atoms with Crippen molar-refractivity contribution in [2.24, 2.45) is 0 Å². The van der Waals surface area contributed by atoms with E-state index in [4.69, 9.17) is 0 Å². The Bertz CT molecular complexity index is 201. The van der Waals surface area contributed by atoms with Gasteiger partial charge in [0, 0.05) is 4.88 Å². The van der Waals surface area contributed by atoms with Crippen LogP contribution >= 0.6 is 11.3 Å². The molecule has 0 aliphatic heterocycles. The topological polar surface area (TPSA) is 0 Å². The molecule has 1 heterocycles. The van der Waals surface area contributed by atoms with Crippen LogP contribution in [0.25, 0.3) is 0 Å². The molecule has 0 fully saturated rings. The summed E-state index contributed by atoms with van der Waals surface area (Å²) in [7, 11) is 0. The molecule has 0 aliphatic rings. The number of aryl methyl sites for hydroxylation is 1. The maximum Gasteiger partial charge on any atom is 0.00452 e. The predicted molar refractivity (Wildman–Crippen MR) is 66.0 cm³/mol. The second-order valence-electron chi connectivity index (χ2n) is 3.95. The van der Waals surface area contributed by atoms with Crippen molar-refractivity contribution in [1.29, 1.82) is 0 Å². The molecule has 0 radical (unpaired) electrons. The van der Waals surface area contributed by atoms with Crippen LogP contribution in [-0.4, -0.2) is 0 Å². The number of hydrogen-bond acceptors (Lipinski definition) is 1. The second-order valence-corrected chi connectivity index (χ2v) is 4.98. The fraction of sp³-hybridized carbons (Fsp3) is 0.692. The van der Waals surface area contributed by atoms with Gasteiger partial charge in [0.1, 0.15) is 0 Å². The highest BCUT2D eigenvalue weighted by molar-refractivity contribution is 7.09. The van der Waals surface area contributed by atoms with E-state index in [0.717, 1.165) is 0 Å². The normalized spacial score (nSPS) is 10.6. The molecule has 0 saturated carbocycles. The van der Waals surface area contributed by atoms with E-state index in [1.165, 1.54) is 51.4 Å². The van der Waals surface area contributed by atoms with Crippen LogP contribution in [0.5, 0.6) is 0 Å². The summed E-state index contributed by atoms with van der Waals surface area (Å²) < 4.78 is 0. The van der Waals surface area contributed by atoms with Crippen LogP contribution in [0.4, 0.5) is 0 Å². The first-order valence-electron chi connectivity index (χ1n) is 5.96. The van der Waals surface area contributed by atoms with Crippen molar-refractivity contribution < 1.29 is 0 Å². The van der Waals surface area contributed by atoms with Crippen molar-refractivity contribution in [1.82, 2.24) is 0 Å². The number of hydrogen-bond donors (Lipinski definition) is 0. The minimum absolute atomic E-state index is 1.30. The maximum atomic E-state index is 2.27. The van der Waals surface area contributed by atoms with Crippen LogP contribution in [-0.2, 0) is 6.42 Å². The van der Waals surface area contributed by atoms with Gasteiger partial charge in [-0.05, 0) is 24.3 Å². The quantitative estimate of drug-likeness (QED) is 0.527. The zero-order chi connectivity index (χ0) is 10.1. The smallest absolute Gasteiger partial charge is 0.00452 e. The van der Waals surface area contributed by atoms with E-state index < -0.39 is 0 Å². The molecule has 1 aromatic heterocycles. The highest BCUT2D eigenvalue weighted by Gasteiger charge is 1.94. The Morgan fingerprint density at radius 3 is 2.36 bits per heavy atom. The van der Waals surface area contributed by atoms with Gasteiger partial charge in [-0.25, -0.2) is 0 Å². The molecule has 0 unspecified atom stereocenters. The van der Waals surface area contributed by atoms with Crippen molar-refractivity contribution in [2.45, 2.75) is 58.3 Å². The first-order chi connectivity index (χ1) is 6.93. The van der Waals surface area contributed by atoms with E-state index in [-0.39, 0.29) is 0 Å². The number of unbranched alkanes of at least 4 members (excludes halogenated alkanes) is 6. The largest absolute Gasteiger partial charge is 0.149 e. The van der Waals surface area contributed by atoms with Gasteiger partial charge in [-0.3, -0.25) is 0 Å². The Kier molecular flexibility index (Phi) is 6.77. The lowest BCUT2D eigenvalue weighted by Crippen LogP contribution is -1.82. The van der Waals surface area contributed by atoms with Gasteiger partial charge < -0.3 is 0 Å². The van der Waals surface area contributed by atoms with Gasteiger partial charge >= 0.3 is 0 Å². The summed E-state index contributed by atoms with van der Waals surface area (Å²) >= 11 is 1.89. The molecular weight excluding hydrogens is 188 g/mol. The van der Waals surface area contributed by atoms with Crippen LogP contribution in [0.15, 0.2) is 17.5 Å². The lowest BCUT2D eigenvalue weighted by Gasteiger charge is -1.99. The van der Waals surface area contributed by atoms with Crippen LogP contribution in [0, 0.1) is 0 Å². The van der Waals surface area contributed by atoms with E-state index in [1.54, 1.807) is 4.88 Å². The third kappa shape index (κ3) is 5.43. The van der Waals surface area contributed by atoms with Gasteiger partial charge in [0.25, 0.3) is 0 Å². The van der Waals surface area contributed by atoms with Crippen molar-refractivity contribution in [2.75, 3.05) is 0 Å². The molecule has 1 aromatic rings. The number of thiophene rings is 1. The summed E-state index contributed by atoms with van der Waals surface area (Å²) in [5, 5.41) is 2.18. The van der Waals surface area contributed by atoms with E-state index in [2.05, 4.69) is 24.4 Å². The van der Waals surface area contributed by atoms with Crippen molar-refractivity contribution >= 4 is 11.3 Å². The Morgan fingerprint density at radius 2 is 1.71 bits per heavy atom. The molecule has 80 valence electrons. The fourth-order valence-electron chi connectivity index (χ4n) is 1.71. The Hall–Kier alpha value is -0.300. The average Bonchev–Trinajstić information content (AvgIpc) is 2.69. The van der Waals surface area contributed by atoms with E-state index in [0.29, 0.717) is 0 Å². The second kappa shape index (κ2) is 8.05.